The number of ether oxygens (including phenoxy) is 1. The molecule has 0 spiro atoms. The van der Waals surface area contributed by atoms with Gasteiger partial charge in [-0.15, -0.1) is 0 Å². The molecule has 23 heavy (non-hydrogen) atoms. The van der Waals surface area contributed by atoms with Crippen LogP contribution in [0, 0.1) is 0 Å². The third-order valence-electron chi connectivity index (χ3n) is 3.63. The zero-order valence-corrected chi connectivity index (χ0v) is 13.1. The fourth-order valence-corrected chi connectivity index (χ4v) is 2.37. The summed E-state index contributed by atoms with van der Waals surface area (Å²) in [5, 5.41) is 5.35. The summed E-state index contributed by atoms with van der Waals surface area (Å²) >= 11 is 0. The van der Waals surface area contributed by atoms with Gasteiger partial charge in [-0.3, -0.25) is 0 Å². The van der Waals surface area contributed by atoms with E-state index in [1.165, 1.54) is 6.33 Å². The van der Waals surface area contributed by atoms with E-state index in [1.54, 1.807) is 0 Å². The number of fused-ring (bicyclic) bond motifs is 1. The van der Waals surface area contributed by atoms with E-state index >= 15 is 0 Å². The number of nitrogens with two attached hydrogens (primary N) is 1. The lowest BCUT2D eigenvalue weighted by Crippen LogP contribution is -2.07. The van der Waals surface area contributed by atoms with Crippen molar-refractivity contribution in [1.82, 2.24) is 9.97 Å². The lowest BCUT2D eigenvalue weighted by atomic mass is 10.1. The van der Waals surface area contributed by atoms with E-state index < -0.39 is 0 Å². The molecule has 0 saturated carbocycles. The molecular weight excluding hydrogens is 288 g/mol. The van der Waals surface area contributed by atoms with Crippen LogP contribution < -0.4 is 15.8 Å². The van der Waals surface area contributed by atoms with Crippen LogP contribution in [0.3, 0.4) is 0 Å². The second kappa shape index (κ2) is 6.96. The largest absolute Gasteiger partial charge is 0.436 e. The van der Waals surface area contributed by atoms with Crippen molar-refractivity contribution in [3.63, 3.8) is 0 Å². The Labute approximate surface area is 135 Å². The van der Waals surface area contributed by atoms with Crippen molar-refractivity contribution in [3.8, 4) is 11.6 Å². The highest BCUT2D eigenvalue weighted by atomic mass is 16.5. The van der Waals surface area contributed by atoms with Crippen molar-refractivity contribution >= 4 is 22.3 Å². The van der Waals surface area contributed by atoms with Crippen LogP contribution in [0.15, 0.2) is 48.8 Å². The van der Waals surface area contributed by atoms with Gasteiger partial charge in [0, 0.05) is 11.9 Å². The first-order valence-electron chi connectivity index (χ1n) is 7.79. The maximum absolute atomic E-state index is 6.14. The number of nitrogen functional groups attached to an aromatic ring is 1. The molecule has 3 aromatic rings. The number of benzene rings is 2. The average Bonchev–Trinajstić information content (AvgIpc) is 2.58. The molecule has 0 bridgehead atoms. The lowest BCUT2D eigenvalue weighted by molar-refractivity contribution is 0.470. The molecule has 0 aliphatic rings. The Hall–Kier alpha value is -2.82. The Morgan fingerprint density at radius 3 is 2.78 bits per heavy atom. The van der Waals surface area contributed by atoms with Gasteiger partial charge in [-0.25, -0.2) is 4.98 Å². The van der Waals surface area contributed by atoms with Crippen LogP contribution in [0.5, 0.6) is 11.6 Å². The number of hydrogen-bond donors (Lipinski definition) is 2. The van der Waals surface area contributed by atoms with Gasteiger partial charge in [0.15, 0.2) is 5.82 Å². The molecule has 0 atom stereocenters. The molecule has 3 N–H and O–H groups in total. The van der Waals surface area contributed by atoms with Gasteiger partial charge in [-0.2, -0.15) is 4.98 Å². The van der Waals surface area contributed by atoms with E-state index in [2.05, 4.69) is 22.2 Å². The minimum atomic E-state index is 0.371. The van der Waals surface area contributed by atoms with Crippen molar-refractivity contribution < 1.29 is 4.74 Å². The van der Waals surface area contributed by atoms with E-state index in [0.717, 1.165) is 35.9 Å². The molecular formula is C18H20N4O. The summed E-state index contributed by atoms with van der Waals surface area (Å²) in [5.74, 6) is 1.71. The topological polar surface area (TPSA) is 73.1 Å². The Morgan fingerprint density at radius 2 is 1.91 bits per heavy atom. The number of rotatable bonds is 6. The van der Waals surface area contributed by atoms with Gasteiger partial charge in [0.25, 0.3) is 0 Å². The number of anilines is 2. The van der Waals surface area contributed by atoms with E-state index in [0.29, 0.717) is 17.4 Å². The van der Waals surface area contributed by atoms with Crippen LogP contribution >= 0.6 is 0 Å². The second-order valence-corrected chi connectivity index (χ2v) is 5.30. The van der Waals surface area contributed by atoms with Crippen molar-refractivity contribution in [2.45, 2.75) is 19.8 Å². The first-order valence-corrected chi connectivity index (χ1v) is 7.79. The molecule has 0 aliphatic carbocycles. The first kappa shape index (κ1) is 15.1. The van der Waals surface area contributed by atoms with Crippen LogP contribution in [0.2, 0.25) is 0 Å². The number of aromatic nitrogens is 2. The van der Waals surface area contributed by atoms with Crippen LogP contribution in [0.1, 0.15) is 19.8 Å². The summed E-state index contributed by atoms with van der Waals surface area (Å²) in [4.78, 5) is 8.36. The number of hydrogen-bond acceptors (Lipinski definition) is 5. The highest BCUT2D eigenvalue weighted by Gasteiger charge is 2.11. The second-order valence-electron chi connectivity index (χ2n) is 5.30. The molecule has 0 fully saturated rings. The third-order valence-corrected chi connectivity index (χ3v) is 3.63. The summed E-state index contributed by atoms with van der Waals surface area (Å²) in [6.45, 7) is 2.96. The first-order chi connectivity index (χ1) is 11.3. The molecule has 3 rings (SSSR count). The number of nitrogens with zero attached hydrogens (tertiary/aromatic N) is 2. The minimum absolute atomic E-state index is 0.371. The van der Waals surface area contributed by atoms with Crippen LogP contribution in [-0.2, 0) is 0 Å². The fraction of sp³-hybridized carbons (Fsp3) is 0.222. The minimum Gasteiger partial charge on any atom is -0.436 e. The van der Waals surface area contributed by atoms with Gasteiger partial charge >= 0.3 is 0 Å². The van der Waals surface area contributed by atoms with E-state index in [-0.39, 0.29) is 0 Å². The molecule has 0 radical (unpaired) electrons. The maximum atomic E-state index is 6.14. The Balaban J connectivity index is 1.89. The Bertz CT molecular complexity index is 799. The Kier molecular flexibility index (Phi) is 4.57. The molecule has 1 heterocycles. The molecule has 0 saturated heterocycles. The van der Waals surface area contributed by atoms with Crippen LogP contribution in [0.4, 0.5) is 11.5 Å². The number of unbranched alkanes of at least 4 members (excludes halogenated alkanes) is 1. The van der Waals surface area contributed by atoms with Gasteiger partial charge in [-0.1, -0.05) is 49.7 Å². The van der Waals surface area contributed by atoms with Crippen molar-refractivity contribution in [2.75, 3.05) is 17.6 Å². The monoisotopic (exact) mass is 308 g/mol. The summed E-state index contributed by atoms with van der Waals surface area (Å²) in [5.41, 5.74) is 6.57. The lowest BCUT2D eigenvalue weighted by Gasteiger charge is -2.12. The van der Waals surface area contributed by atoms with E-state index in [9.17, 15) is 0 Å². The zero-order chi connectivity index (χ0) is 16.1. The van der Waals surface area contributed by atoms with Gasteiger partial charge < -0.3 is 15.8 Å². The Morgan fingerprint density at radius 1 is 1.09 bits per heavy atom. The number of nitrogens with one attached hydrogen (secondary N) is 1. The van der Waals surface area contributed by atoms with Crippen molar-refractivity contribution in [1.29, 1.82) is 0 Å². The summed E-state index contributed by atoms with van der Waals surface area (Å²) in [7, 11) is 0. The molecule has 0 aliphatic heterocycles. The third kappa shape index (κ3) is 3.34. The smallest absolute Gasteiger partial charge is 0.248 e. The van der Waals surface area contributed by atoms with Crippen molar-refractivity contribution in [2.24, 2.45) is 0 Å². The van der Waals surface area contributed by atoms with Gasteiger partial charge in [-0.05, 0) is 17.9 Å². The quantitative estimate of drug-likeness (QED) is 0.667. The fourth-order valence-electron chi connectivity index (χ4n) is 2.37. The molecule has 5 heteroatoms. The van der Waals surface area contributed by atoms with Gasteiger partial charge in [0.1, 0.15) is 17.8 Å². The molecule has 0 amide bonds. The molecule has 1 aromatic heterocycles. The van der Waals surface area contributed by atoms with E-state index in [4.69, 9.17) is 10.5 Å². The average molecular weight is 308 g/mol. The van der Waals surface area contributed by atoms with E-state index in [1.807, 2.05) is 42.5 Å². The van der Waals surface area contributed by atoms with Crippen molar-refractivity contribution in [3.05, 3.63) is 48.8 Å². The predicted molar refractivity (Wildman–Crippen MR) is 93.9 cm³/mol. The molecule has 118 valence electrons. The summed E-state index contributed by atoms with van der Waals surface area (Å²) < 4.78 is 5.95. The highest BCUT2D eigenvalue weighted by molar-refractivity contribution is 5.88. The predicted octanol–water partition coefficient (Wildman–Crippen LogP) is 4.22. The normalized spacial score (nSPS) is 10.7. The molecule has 2 aromatic carbocycles. The van der Waals surface area contributed by atoms with Gasteiger partial charge in [0.2, 0.25) is 5.88 Å². The molecule has 0 unspecified atom stereocenters. The zero-order valence-electron chi connectivity index (χ0n) is 13.1. The maximum Gasteiger partial charge on any atom is 0.248 e. The summed E-state index contributed by atoms with van der Waals surface area (Å²) in [6, 6.07) is 14.0. The highest BCUT2D eigenvalue weighted by Crippen LogP contribution is 2.33. The standard InChI is InChI=1S/C18H20N4O/c1-2-3-11-20-17-16(19)18(22-12-21-17)23-15-10-6-8-13-7-4-5-9-14(13)15/h4-10,12H,2-3,11,19H2,1H3,(H,20,21,22). The van der Waals surface area contributed by atoms with Crippen LogP contribution in [-0.4, -0.2) is 16.5 Å². The SMILES string of the molecule is CCCCNc1ncnc(Oc2cccc3ccccc23)c1N. The van der Waals surface area contributed by atoms with Crippen LogP contribution in [0.25, 0.3) is 10.8 Å². The molecule has 5 nitrogen and oxygen atoms in total. The summed E-state index contributed by atoms with van der Waals surface area (Å²) in [6.07, 6.45) is 3.63. The van der Waals surface area contributed by atoms with Gasteiger partial charge in [0.05, 0.1) is 0 Å².